The molecule has 0 heterocycles. The van der Waals surface area contributed by atoms with Gasteiger partial charge < -0.3 is 9.47 Å². The van der Waals surface area contributed by atoms with E-state index in [-0.39, 0.29) is 0 Å². The van der Waals surface area contributed by atoms with Gasteiger partial charge in [0, 0.05) is 12.5 Å². The Morgan fingerprint density at radius 1 is 1.08 bits per heavy atom. The number of ether oxygens (including phenoxy) is 2. The molecule has 0 spiro atoms. The standard InChI is InChI=1S/C23H24O3/c1-2-23(24)26-15-7-14-25-22-13-12-19-10-6-11-20(16-21(19)17-22)18-8-4-3-5-9-18/h2-5,8-9,12-13,16-17H,1,6-7,10-11,14-15H2. The Morgan fingerprint density at radius 3 is 2.73 bits per heavy atom. The Bertz CT molecular complexity index is 790. The fourth-order valence-corrected chi connectivity index (χ4v) is 3.11. The van der Waals surface area contributed by atoms with Gasteiger partial charge in [-0.25, -0.2) is 4.79 Å². The number of esters is 1. The normalized spacial score (nSPS) is 13.2. The molecule has 0 atom stereocenters. The molecular formula is C23H24O3. The minimum atomic E-state index is -0.395. The summed E-state index contributed by atoms with van der Waals surface area (Å²) in [5.74, 6) is 0.456. The van der Waals surface area contributed by atoms with E-state index in [1.54, 1.807) is 0 Å². The molecule has 0 aromatic heterocycles. The van der Waals surface area contributed by atoms with Gasteiger partial charge in [-0.2, -0.15) is 0 Å². The van der Waals surface area contributed by atoms with E-state index in [2.05, 4.69) is 49.1 Å². The van der Waals surface area contributed by atoms with E-state index in [9.17, 15) is 4.79 Å². The van der Waals surface area contributed by atoms with Crippen LogP contribution in [0.4, 0.5) is 0 Å². The highest BCUT2D eigenvalue weighted by Crippen LogP contribution is 2.31. The van der Waals surface area contributed by atoms with Gasteiger partial charge in [0.15, 0.2) is 0 Å². The van der Waals surface area contributed by atoms with Gasteiger partial charge in [-0.15, -0.1) is 0 Å². The van der Waals surface area contributed by atoms with Gasteiger partial charge in [-0.3, -0.25) is 0 Å². The average Bonchev–Trinajstić information content (AvgIpc) is 2.90. The maximum atomic E-state index is 11.0. The van der Waals surface area contributed by atoms with Crippen LogP contribution in [0, 0.1) is 0 Å². The molecule has 1 aliphatic rings. The summed E-state index contributed by atoms with van der Waals surface area (Å²) in [6, 6.07) is 16.8. The molecule has 0 saturated heterocycles. The summed E-state index contributed by atoms with van der Waals surface area (Å²) in [4.78, 5) is 11.0. The van der Waals surface area contributed by atoms with Gasteiger partial charge in [0.05, 0.1) is 13.2 Å². The molecule has 3 nitrogen and oxygen atoms in total. The topological polar surface area (TPSA) is 35.5 Å². The summed E-state index contributed by atoms with van der Waals surface area (Å²) in [6.07, 6.45) is 7.44. The lowest BCUT2D eigenvalue weighted by atomic mass is 10.0. The van der Waals surface area contributed by atoms with Crippen molar-refractivity contribution in [2.24, 2.45) is 0 Å². The molecule has 0 saturated carbocycles. The molecular weight excluding hydrogens is 324 g/mol. The minimum absolute atomic E-state index is 0.341. The number of hydrogen-bond acceptors (Lipinski definition) is 3. The van der Waals surface area contributed by atoms with Crippen LogP contribution in [-0.2, 0) is 16.0 Å². The lowest BCUT2D eigenvalue weighted by Crippen LogP contribution is -2.06. The van der Waals surface area contributed by atoms with Crippen molar-refractivity contribution in [3.05, 3.63) is 77.9 Å². The van der Waals surface area contributed by atoms with E-state index in [0.29, 0.717) is 19.6 Å². The highest BCUT2D eigenvalue weighted by atomic mass is 16.5. The quantitative estimate of drug-likeness (QED) is 0.398. The second kappa shape index (κ2) is 9.04. The van der Waals surface area contributed by atoms with Gasteiger partial charge in [0.1, 0.15) is 5.75 Å². The number of rotatable bonds is 7. The summed E-state index contributed by atoms with van der Waals surface area (Å²) < 4.78 is 10.8. The van der Waals surface area contributed by atoms with Crippen molar-refractivity contribution in [1.29, 1.82) is 0 Å². The van der Waals surface area contributed by atoms with Gasteiger partial charge in [0.2, 0.25) is 0 Å². The Morgan fingerprint density at radius 2 is 1.92 bits per heavy atom. The summed E-state index contributed by atoms with van der Waals surface area (Å²) in [7, 11) is 0. The van der Waals surface area contributed by atoms with Crippen molar-refractivity contribution in [3.8, 4) is 5.75 Å². The van der Waals surface area contributed by atoms with E-state index in [1.165, 1.54) is 28.3 Å². The molecule has 3 heteroatoms. The molecule has 0 N–H and O–H groups in total. The molecule has 134 valence electrons. The van der Waals surface area contributed by atoms with Crippen molar-refractivity contribution in [3.63, 3.8) is 0 Å². The SMILES string of the molecule is C=CC(=O)OCCCOc1ccc2c(c1)C=C(c1ccccc1)CCC2. The highest BCUT2D eigenvalue weighted by molar-refractivity contribution is 5.83. The fraction of sp³-hybridized carbons (Fsp3) is 0.261. The first kappa shape index (κ1) is 18.0. The molecule has 3 rings (SSSR count). The molecule has 0 fully saturated rings. The molecule has 26 heavy (non-hydrogen) atoms. The first-order chi connectivity index (χ1) is 12.8. The molecule has 0 radical (unpaired) electrons. The van der Waals surface area contributed by atoms with E-state index in [0.717, 1.165) is 25.0 Å². The van der Waals surface area contributed by atoms with Crippen molar-refractivity contribution < 1.29 is 14.3 Å². The summed E-state index contributed by atoms with van der Waals surface area (Å²) in [6.45, 7) is 4.23. The Hall–Kier alpha value is -2.81. The van der Waals surface area contributed by atoms with Crippen LogP contribution in [0.1, 0.15) is 36.0 Å². The number of aryl methyl sites for hydroxylation is 1. The number of benzene rings is 2. The first-order valence-corrected chi connectivity index (χ1v) is 9.07. The van der Waals surface area contributed by atoms with Crippen molar-refractivity contribution in [1.82, 2.24) is 0 Å². The van der Waals surface area contributed by atoms with Gasteiger partial charge >= 0.3 is 5.97 Å². The number of hydrogen-bond donors (Lipinski definition) is 0. The molecule has 0 bridgehead atoms. The maximum absolute atomic E-state index is 11.0. The minimum Gasteiger partial charge on any atom is -0.493 e. The first-order valence-electron chi connectivity index (χ1n) is 9.07. The molecule has 0 aliphatic heterocycles. The van der Waals surface area contributed by atoms with Crippen molar-refractivity contribution >= 4 is 17.6 Å². The van der Waals surface area contributed by atoms with E-state index in [1.807, 2.05) is 12.1 Å². The largest absolute Gasteiger partial charge is 0.493 e. The zero-order chi connectivity index (χ0) is 18.2. The van der Waals surface area contributed by atoms with Crippen LogP contribution in [-0.4, -0.2) is 19.2 Å². The monoisotopic (exact) mass is 348 g/mol. The predicted octanol–water partition coefficient (Wildman–Crippen LogP) is 5.06. The second-order valence-electron chi connectivity index (χ2n) is 6.32. The Labute approximate surface area is 155 Å². The average molecular weight is 348 g/mol. The lowest BCUT2D eigenvalue weighted by molar-refractivity contribution is -0.137. The van der Waals surface area contributed by atoms with E-state index < -0.39 is 5.97 Å². The molecule has 2 aromatic carbocycles. The zero-order valence-corrected chi connectivity index (χ0v) is 14.9. The number of fused-ring (bicyclic) bond motifs is 1. The summed E-state index contributed by atoms with van der Waals surface area (Å²) in [5, 5.41) is 0. The lowest BCUT2D eigenvalue weighted by Gasteiger charge is -2.10. The zero-order valence-electron chi connectivity index (χ0n) is 14.9. The predicted molar refractivity (Wildman–Crippen MR) is 105 cm³/mol. The second-order valence-corrected chi connectivity index (χ2v) is 6.32. The molecule has 2 aromatic rings. The van der Waals surface area contributed by atoms with Gasteiger partial charge in [-0.05, 0) is 53.7 Å². The number of carbonyl (C=O) groups is 1. The van der Waals surface area contributed by atoms with Crippen molar-refractivity contribution in [2.45, 2.75) is 25.7 Å². The van der Waals surface area contributed by atoms with Crippen LogP contribution in [0.2, 0.25) is 0 Å². The Balaban J connectivity index is 1.66. The van der Waals surface area contributed by atoms with Crippen LogP contribution in [0.3, 0.4) is 0 Å². The molecule has 0 amide bonds. The van der Waals surface area contributed by atoms with Crippen LogP contribution in [0.5, 0.6) is 5.75 Å². The number of carbonyl (C=O) groups excluding carboxylic acids is 1. The third kappa shape index (κ3) is 4.85. The highest BCUT2D eigenvalue weighted by Gasteiger charge is 2.11. The Kier molecular flexibility index (Phi) is 6.26. The summed E-state index contributed by atoms with van der Waals surface area (Å²) in [5.41, 5.74) is 5.26. The van der Waals surface area contributed by atoms with Gasteiger partial charge in [0.25, 0.3) is 0 Å². The third-order valence-electron chi connectivity index (χ3n) is 4.45. The van der Waals surface area contributed by atoms with Gasteiger partial charge in [-0.1, -0.05) is 49.1 Å². The molecule has 0 unspecified atom stereocenters. The van der Waals surface area contributed by atoms with Crippen LogP contribution < -0.4 is 4.74 Å². The van der Waals surface area contributed by atoms with E-state index in [4.69, 9.17) is 9.47 Å². The fourth-order valence-electron chi connectivity index (χ4n) is 3.11. The van der Waals surface area contributed by atoms with E-state index >= 15 is 0 Å². The number of allylic oxidation sites excluding steroid dienone is 1. The summed E-state index contributed by atoms with van der Waals surface area (Å²) >= 11 is 0. The van der Waals surface area contributed by atoms with Crippen LogP contribution >= 0.6 is 0 Å². The smallest absolute Gasteiger partial charge is 0.330 e. The third-order valence-corrected chi connectivity index (χ3v) is 4.45. The maximum Gasteiger partial charge on any atom is 0.330 e. The van der Waals surface area contributed by atoms with Crippen LogP contribution in [0.25, 0.3) is 11.6 Å². The molecule has 1 aliphatic carbocycles. The van der Waals surface area contributed by atoms with Crippen molar-refractivity contribution in [2.75, 3.05) is 13.2 Å². The van der Waals surface area contributed by atoms with Crippen LogP contribution in [0.15, 0.2) is 61.2 Å².